The maximum atomic E-state index is 11.3. The molecule has 3 rings (SSSR count). The summed E-state index contributed by atoms with van der Waals surface area (Å²) in [7, 11) is 0. The first-order valence-electron chi connectivity index (χ1n) is 5.77. The van der Waals surface area contributed by atoms with E-state index in [2.05, 4.69) is 34.3 Å². The Morgan fingerprint density at radius 1 is 1.44 bits per heavy atom. The second kappa shape index (κ2) is 3.66. The molecular weight excluding hydrogens is 232 g/mol. The Morgan fingerprint density at radius 2 is 2.28 bits per heavy atom. The van der Waals surface area contributed by atoms with Crippen LogP contribution in [0.4, 0.5) is 5.95 Å². The zero-order chi connectivity index (χ0) is 12.8. The van der Waals surface area contributed by atoms with Crippen molar-refractivity contribution in [2.24, 2.45) is 5.41 Å². The lowest BCUT2D eigenvalue weighted by Gasteiger charge is -2.31. The highest BCUT2D eigenvalue weighted by Crippen LogP contribution is 2.29. The van der Waals surface area contributed by atoms with E-state index in [0.717, 1.165) is 19.0 Å². The van der Waals surface area contributed by atoms with Crippen molar-refractivity contribution in [2.45, 2.75) is 20.4 Å². The lowest BCUT2D eigenvalue weighted by molar-refractivity contribution is -0.605. The Balaban J connectivity index is 2.07. The van der Waals surface area contributed by atoms with Crippen LogP contribution in [0.1, 0.15) is 13.8 Å². The van der Waals surface area contributed by atoms with E-state index in [9.17, 15) is 5.21 Å². The highest BCUT2D eigenvalue weighted by Gasteiger charge is 2.29. The normalized spacial score (nSPS) is 17.0. The molecule has 3 heterocycles. The zero-order valence-corrected chi connectivity index (χ0v) is 10.3. The van der Waals surface area contributed by atoms with Crippen molar-refractivity contribution >= 4 is 5.95 Å². The summed E-state index contributed by atoms with van der Waals surface area (Å²) in [5, 5.41) is 22.7. The third kappa shape index (κ3) is 1.77. The fourth-order valence-corrected chi connectivity index (χ4v) is 2.07. The molecule has 0 atom stereocenters. The molecule has 0 spiro atoms. The van der Waals surface area contributed by atoms with Crippen molar-refractivity contribution in [3.8, 4) is 11.5 Å². The van der Waals surface area contributed by atoms with Crippen LogP contribution in [0.2, 0.25) is 0 Å². The van der Waals surface area contributed by atoms with Crippen LogP contribution in [-0.4, -0.2) is 26.3 Å². The molecule has 0 aliphatic carbocycles. The van der Waals surface area contributed by atoms with Crippen LogP contribution in [0.25, 0.3) is 11.5 Å². The molecule has 0 amide bonds. The zero-order valence-electron chi connectivity index (χ0n) is 10.3. The summed E-state index contributed by atoms with van der Waals surface area (Å²) in [6, 6.07) is 0. The molecule has 0 saturated carbocycles. The van der Waals surface area contributed by atoms with Crippen LogP contribution in [-0.2, 0) is 6.54 Å². The average Bonchev–Trinajstić information content (AvgIpc) is 2.70. The van der Waals surface area contributed by atoms with E-state index in [4.69, 9.17) is 0 Å². The first kappa shape index (κ1) is 10.9. The van der Waals surface area contributed by atoms with Gasteiger partial charge in [0.15, 0.2) is 17.7 Å². The van der Waals surface area contributed by atoms with Gasteiger partial charge in [-0.15, -0.1) is 10.2 Å². The van der Waals surface area contributed by atoms with E-state index in [1.807, 2.05) is 4.57 Å². The standard InChI is InChI=1S/C11H14N6O/c1-11(2)6-13-10-15-14-9(17(10)7-11)8-5-16(18)4-3-12-8/h3-5H,6-7H2,1-2H3,(H,13,15). The van der Waals surface area contributed by atoms with Crippen molar-refractivity contribution in [3.05, 3.63) is 23.8 Å². The summed E-state index contributed by atoms with van der Waals surface area (Å²) >= 11 is 0. The van der Waals surface area contributed by atoms with Gasteiger partial charge >= 0.3 is 0 Å². The van der Waals surface area contributed by atoms with E-state index in [1.165, 1.54) is 18.6 Å². The van der Waals surface area contributed by atoms with Gasteiger partial charge in [-0.3, -0.25) is 4.57 Å². The number of aromatic nitrogens is 5. The Bertz CT molecular complexity index is 591. The molecule has 1 N–H and O–H groups in total. The topological polar surface area (TPSA) is 82.6 Å². The monoisotopic (exact) mass is 246 g/mol. The summed E-state index contributed by atoms with van der Waals surface area (Å²) in [5.41, 5.74) is 0.651. The first-order chi connectivity index (χ1) is 8.55. The molecule has 0 bridgehead atoms. The van der Waals surface area contributed by atoms with Gasteiger partial charge in [-0.25, -0.2) is 4.98 Å². The first-order valence-corrected chi connectivity index (χ1v) is 5.77. The molecule has 1 aliphatic rings. The summed E-state index contributed by atoms with van der Waals surface area (Å²) in [6.07, 6.45) is 4.21. The van der Waals surface area contributed by atoms with Gasteiger partial charge in [0.25, 0.3) is 0 Å². The Kier molecular flexibility index (Phi) is 2.22. The molecule has 0 fully saturated rings. The van der Waals surface area contributed by atoms with Gasteiger partial charge in [-0.1, -0.05) is 13.8 Å². The predicted octanol–water partition coefficient (Wildman–Crippen LogP) is 0.425. The molecule has 7 heteroatoms. The van der Waals surface area contributed by atoms with Crippen LogP contribution in [0.3, 0.4) is 0 Å². The van der Waals surface area contributed by atoms with E-state index in [1.54, 1.807) is 0 Å². The smallest absolute Gasteiger partial charge is 0.224 e. The summed E-state index contributed by atoms with van der Waals surface area (Å²) in [6.45, 7) is 5.99. The summed E-state index contributed by atoms with van der Waals surface area (Å²) in [4.78, 5) is 4.17. The minimum atomic E-state index is 0.117. The quantitative estimate of drug-likeness (QED) is 0.582. The van der Waals surface area contributed by atoms with Crippen LogP contribution >= 0.6 is 0 Å². The molecule has 94 valence electrons. The van der Waals surface area contributed by atoms with Crippen LogP contribution in [0.15, 0.2) is 18.6 Å². The molecule has 18 heavy (non-hydrogen) atoms. The van der Waals surface area contributed by atoms with Crippen molar-refractivity contribution in [3.63, 3.8) is 0 Å². The molecule has 0 aromatic carbocycles. The molecule has 0 saturated heterocycles. The van der Waals surface area contributed by atoms with Crippen LogP contribution in [0, 0.1) is 10.6 Å². The van der Waals surface area contributed by atoms with E-state index >= 15 is 0 Å². The van der Waals surface area contributed by atoms with Crippen LogP contribution in [0.5, 0.6) is 0 Å². The third-order valence-corrected chi connectivity index (χ3v) is 2.97. The number of anilines is 1. The molecule has 2 aromatic heterocycles. The molecule has 1 aliphatic heterocycles. The van der Waals surface area contributed by atoms with Gasteiger partial charge in [0.05, 0.1) is 6.20 Å². The number of nitrogens with zero attached hydrogens (tertiary/aromatic N) is 5. The highest BCUT2D eigenvalue weighted by molar-refractivity contribution is 5.51. The summed E-state index contributed by atoms with van der Waals surface area (Å²) < 4.78 is 2.68. The minimum Gasteiger partial charge on any atom is -0.619 e. The van der Waals surface area contributed by atoms with E-state index < -0.39 is 0 Å². The average molecular weight is 246 g/mol. The van der Waals surface area contributed by atoms with Crippen molar-refractivity contribution in [2.75, 3.05) is 11.9 Å². The summed E-state index contributed by atoms with van der Waals surface area (Å²) in [5.74, 6) is 1.35. The molecule has 7 nitrogen and oxygen atoms in total. The second-order valence-electron chi connectivity index (χ2n) is 5.25. The van der Waals surface area contributed by atoms with Gasteiger partial charge in [-0.2, -0.15) is 4.73 Å². The van der Waals surface area contributed by atoms with Gasteiger partial charge < -0.3 is 10.5 Å². The van der Waals surface area contributed by atoms with E-state index in [-0.39, 0.29) is 5.41 Å². The fraction of sp³-hybridized carbons (Fsp3) is 0.455. The van der Waals surface area contributed by atoms with Crippen molar-refractivity contribution < 1.29 is 4.73 Å². The molecule has 2 aromatic rings. The fourth-order valence-electron chi connectivity index (χ4n) is 2.07. The minimum absolute atomic E-state index is 0.117. The van der Waals surface area contributed by atoms with Gasteiger partial charge in [0, 0.05) is 18.5 Å². The Morgan fingerprint density at radius 3 is 3.06 bits per heavy atom. The van der Waals surface area contributed by atoms with Gasteiger partial charge in [-0.05, 0) is 0 Å². The number of nitrogens with one attached hydrogen (secondary N) is 1. The maximum absolute atomic E-state index is 11.3. The SMILES string of the molecule is CC1(C)CNc2nnc(-c3c[n+]([O-])ccn3)n2C1. The number of fused-ring (bicyclic) bond motifs is 1. The second-order valence-corrected chi connectivity index (χ2v) is 5.25. The highest BCUT2D eigenvalue weighted by atomic mass is 16.5. The third-order valence-electron chi connectivity index (χ3n) is 2.97. The molecule has 0 unspecified atom stereocenters. The Labute approximate surface area is 104 Å². The number of hydrogen-bond acceptors (Lipinski definition) is 5. The molecule has 0 radical (unpaired) electrons. The lowest BCUT2D eigenvalue weighted by Crippen LogP contribution is -2.34. The van der Waals surface area contributed by atoms with Crippen LogP contribution < -0.4 is 10.0 Å². The Hall–Kier alpha value is -2.18. The largest absolute Gasteiger partial charge is 0.619 e. The van der Waals surface area contributed by atoms with Crippen molar-refractivity contribution in [1.29, 1.82) is 0 Å². The van der Waals surface area contributed by atoms with E-state index in [0.29, 0.717) is 16.2 Å². The maximum Gasteiger partial charge on any atom is 0.224 e. The lowest BCUT2D eigenvalue weighted by atomic mass is 9.92. The number of rotatable bonds is 1. The van der Waals surface area contributed by atoms with Gasteiger partial charge in [0.2, 0.25) is 12.1 Å². The van der Waals surface area contributed by atoms with Gasteiger partial charge in [0.1, 0.15) is 0 Å². The molecular formula is C11H14N6O. The predicted molar refractivity (Wildman–Crippen MR) is 64.5 cm³/mol. The number of hydrogen-bond donors (Lipinski definition) is 1. The van der Waals surface area contributed by atoms with Crippen molar-refractivity contribution in [1.82, 2.24) is 19.7 Å².